The van der Waals surface area contributed by atoms with Crippen LogP contribution in [0.2, 0.25) is 0 Å². The van der Waals surface area contributed by atoms with E-state index in [1.807, 2.05) is 18.2 Å². The zero-order chi connectivity index (χ0) is 19.5. The van der Waals surface area contributed by atoms with E-state index in [1.165, 1.54) is 11.8 Å². The van der Waals surface area contributed by atoms with Gasteiger partial charge in [0.05, 0.1) is 48.4 Å². The lowest BCUT2D eigenvalue weighted by Crippen LogP contribution is -2.43. The summed E-state index contributed by atoms with van der Waals surface area (Å²) < 4.78 is 5.15. The van der Waals surface area contributed by atoms with Crippen molar-refractivity contribution >= 4 is 23.6 Å². The molecule has 0 radical (unpaired) electrons. The van der Waals surface area contributed by atoms with E-state index in [9.17, 15) is 14.7 Å². The summed E-state index contributed by atoms with van der Waals surface area (Å²) in [5, 5.41) is 20.4. The fraction of sp³-hybridized carbons (Fsp3) is 0.444. The third-order valence-electron chi connectivity index (χ3n) is 4.85. The number of rotatable bonds is 5. The van der Waals surface area contributed by atoms with Crippen LogP contribution in [0.15, 0.2) is 29.4 Å². The van der Waals surface area contributed by atoms with E-state index in [0.29, 0.717) is 31.0 Å². The number of aromatic amines is 1. The minimum Gasteiger partial charge on any atom is -0.388 e. The van der Waals surface area contributed by atoms with Crippen molar-refractivity contribution in [2.45, 2.75) is 30.1 Å². The van der Waals surface area contributed by atoms with Crippen LogP contribution in [-0.2, 0) is 22.5 Å². The Morgan fingerprint density at radius 1 is 1.39 bits per heavy atom. The molecule has 0 aliphatic carbocycles. The molecule has 2 atom stereocenters. The molecular weight excluding hydrogens is 382 g/mol. The number of fused-ring (bicyclic) bond motifs is 1. The van der Waals surface area contributed by atoms with Gasteiger partial charge in [-0.1, -0.05) is 17.8 Å². The fourth-order valence-corrected chi connectivity index (χ4v) is 4.06. The number of carbonyl (C=O) groups is 2. The van der Waals surface area contributed by atoms with Gasteiger partial charge in [0.1, 0.15) is 0 Å². The number of aliphatic hydroxyl groups is 1. The molecule has 2 aliphatic heterocycles. The molecule has 2 aromatic heterocycles. The first kappa shape index (κ1) is 18.9. The third kappa shape index (κ3) is 4.03. The van der Waals surface area contributed by atoms with Crippen molar-refractivity contribution in [2.24, 2.45) is 0 Å². The summed E-state index contributed by atoms with van der Waals surface area (Å²) in [5.74, 6) is -0.00131. The molecule has 10 heteroatoms. The van der Waals surface area contributed by atoms with E-state index in [0.717, 1.165) is 16.3 Å². The lowest BCUT2D eigenvalue weighted by Gasteiger charge is -2.26. The van der Waals surface area contributed by atoms with Crippen LogP contribution in [-0.4, -0.2) is 74.7 Å². The summed E-state index contributed by atoms with van der Waals surface area (Å²) in [5.41, 5.74) is 1.92. The van der Waals surface area contributed by atoms with Crippen LogP contribution in [0.4, 0.5) is 0 Å². The molecule has 9 nitrogen and oxygen atoms in total. The second-order valence-corrected chi connectivity index (χ2v) is 7.73. The van der Waals surface area contributed by atoms with E-state index in [-0.39, 0.29) is 25.0 Å². The lowest BCUT2D eigenvalue weighted by molar-refractivity contribution is -0.129. The topological polar surface area (TPSA) is 120 Å². The van der Waals surface area contributed by atoms with E-state index in [4.69, 9.17) is 4.74 Å². The molecule has 0 unspecified atom stereocenters. The normalized spacial score (nSPS) is 21.4. The molecule has 4 rings (SSSR count). The number of H-pyrrole nitrogens is 1. The maximum atomic E-state index is 12.5. The van der Waals surface area contributed by atoms with Crippen molar-refractivity contribution in [1.29, 1.82) is 0 Å². The first-order chi connectivity index (χ1) is 13.6. The molecule has 2 aromatic rings. The predicted molar refractivity (Wildman–Crippen MR) is 101 cm³/mol. The van der Waals surface area contributed by atoms with E-state index >= 15 is 0 Å². The number of nitrogens with one attached hydrogen (secondary N) is 2. The van der Waals surface area contributed by atoms with Crippen LogP contribution in [0.1, 0.15) is 21.7 Å². The quantitative estimate of drug-likeness (QED) is 0.600. The summed E-state index contributed by atoms with van der Waals surface area (Å²) in [6.07, 6.45) is 1.55. The summed E-state index contributed by atoms with van der Waals surface area (Å²) in [6, 6.07) is 5.18. The maximum Gasteiger partial charge on any atom is 0.272 e. The Balaban J connectivity index is 1.36. The van der Waals surface area contributed by atoms with E-state index in [1.54, 1.807) is 11.1 Å². The average molecular weight is 403 g/mol. The second kappa shape index (κ2) is 8.29. The van der Waals surface area contributed by atoms with Gasteiger partial charge in [-0.25, -0.2) is 4.98 Å². The first-order valence-electron chi connectivity index (χ1n) is 9.06. The van der Waals surface area contributed by atoms with Gasteiger partial charge in [0.25, 0.3) is 5.91 Å². The number of carbonyl (C=O) groups excluding carboxylic acids is 2. The van der Waals surface area contributed by atoms with Gasteiger partial charge >= 0.3 is 0 Å². The molecule has 1 saturated heterocycles. The smallest absolute Gasteiger partial charge is 0.272 e. The Morgan fingerprint density at radius 2 is 2.29 bits per heavy atom. The van der Waals surface area contributed by atoms with Crippen LogP contribution in [0.5, 0.6) is 0 Å². The van der Waals surface area contributed by atoms with Crippen molar-refractivity contribution in [3.8, 4) is 0 Å². The second-order valence-electron chi connectivity index (χ2n) is 6.74. The van der Waals surface area contributed by atoms with Crippen molar-refractivity contribution in [3.05, 3.63) is 41.3 Å². The van der Waals surface area contributed by atoms with Gasteiger partial charge in [-0.3, -0.25) is 14.7 Å². The van der Waals surface area contributed by atoms with Gasteiger partial charge in [-0.2, -0.15) is 5.10 Å². The molecule has 2 aliphatic rings. The van der Waals surface area contributed by atoms with Gasteiger partial charge < -0.3 is 20.1 Å². The molecule has 1 fully saturated rings. The van der Waals surface area contributed by atoms with Crippen molar-refractivity contribution in [3.63, 3.8) is 0 Å². The van der Waals surface area contributed by atoms with Gasteiger partial charge in [0.2, 0.25) is 5.91 Å². The van der Waals surface area contributed by atoms with Crippen LogP contribution in [0, 0.1) is 0 Å². The molecule has 2 amide bonds. The zero-order valence-corrected chi connectivity index (χ0v) is 15.9. The van der Waals surface area contributed by atoms with Crippen molar-refractivity contribution in [2.75, 3.05) is 25.5 Å². The Bertz CT molecular complexity index is 859. The molecule has 148 valence electrons. The number of hydrogen-bond donors (Lipinski definition) is 3. The minimum absolute atomic E-state index is 0.0214. The summed E-state index contributed by atoms with van der Waals surface area (Å²) in [7, 11) is 0. The van der Waals surface area contributed by atoms with Crippen molar-refractivity contribution in [1.82, 2.24) is 25.4 Å². The highest BCUT2D eigenvalue weighted by Crippen LogP contribution is 2.22. The van der Waals surface area contributed by atoms with E-state index < -0.39 is 12.1 Å². The minimum atomic E-state index is -0.705. The van der Waals surface area contributed by atoms with Gasteiger partial charge in [0.15, 0.2) is 5.69 Å². The number of ether oxygens (including phenoxy) is 1. The number of amides is 2. The highest BCUT2D eigenvalue weighted by Gasteiger charge is 2.31. The zero-order valence-electron chi connectivity index (χ0n) is 15.1. The molecule has 4 heterocycles. The number of aromatic nitrogens is 3. The lowest BCUT2D eigenvalue weighted by atomic mass is 10.0. The molecule has 28 heavy (non-hydrogen) atoms. The summed E-state index contributed by atoms with van der Waals surface area (Å²) in [6.45, 7) is 1.43. The molecule has 0 bridgehead atoms. The number of aliphatic hydroxyl groups excluding tert-OH is 1. The molecule has 3 N–H and O–H groups in total. The first-order valence-corrected chi connectivity index (χ1v) is 10.0. The Labute approximate surface area is 165 Å². The fourth-order valence-electron chi connectivity index (χ4n) is 3.30. The average Bonchev–Trinajstić information content (AvgIpc) is 3.32. The molecular formula is C18H21N5O4S. The van der Waals surface area contributed by atoms with Crippen molar-refractivity contribution < 1.29 is 19.4 Å². The number of hydrogen-bond acceptors (Lipinski definition) is 7. The monoisotopic (exact) mass is 403 g/mol. The van der Waals surface area contributed by atoms with Crippen LogP contribution in [0.25, 0.3) is 0 Å². The van der Waals surface area contributed by atoms with Crippen LogP contribution >= 0.6 is 11.8 Å². The molecule has 0 saturated carbocycles. The molecule has 0 aromatic carbocycles. The van der Waals surface area contributed by atoms with Gasteiger partial charge in [-0.05, 0) is 18.6 Å². The SMILES string of the molecule is O=C(N[C@H]1COC[C@@H]1O)c1n[nH]c2c1CCN(C(=O)CSc1ccccn1)C2. The van der Waals surface area contributed by atoms with Gasteiger partial charge in [0, 0.05) is 18.3 Å². The number of thioether (sulfide) groups is 1. The highest BCUT2D eigenvalue weighted by atomic mass is 32.2. The number of nitrogens with zero attached hydrogens (tertiary/aromatic N) is 3. The third-order valence-corrected chi connectivity index (χ3v) is 5.78. The standard InChI is InChI=1S/C18H21N5O4S/c24-14-9-27-8-13(14)20-18(26)17-11-4-6-23(7-12(11)21-22-17)16(25)10-28-15-3-1-2-5-19-15/h1-3,5,13-14,24H,4,6-10H2,(H,20,26)(H,21,22)/t13-,14-/m0/s1. The highest BCUT2D eigenvalue weighted by molar-refractivity contribution is 7.99. The van der Waals surface area contributed by atoms with Crippen LogP contribution < -0.4 is 5.32 Å². The number of pyridine rings is 1. The Kier molecular flexibility index (Phi) is 5.60. The van der Waals surface area contributed by atoms with Gasteiger partial charge in [-0.15, -0.1) is 0 Å². The largest absolute Gasteiger partial charge is 0.388 e. The van der Waals surface area contributed by atoms with Crippen LogP contribution in [0.3, 0.4) is 0 Å². The van der Waals surface area contributed by atoms with E-state index in [2.05, 4.69) is 20.5 Å². The maximum absolute atomic E-state index is 12.5. The Hall–Kier alpha value is -2.43. The predicted octanol–water partition coefficient (Wildman–Crippen LogP) is -0.0288. The molecule has 0 spiro atoms. The summed E-state index contributed by atoms with van der Waals surface area (Å²) >= 11 is 1.40. The Morgan fingerprint density at radius 3 is 3.04 bits per heavy atom. The summed E-state index contributed by atoms with van der Waals surface area (Å²) in [4.78, 5) is 31.0.